The summed E-state index contributed by atoms with van der Waals surface area (Å²) in [5, 5.41) is 0.162. The van der Waals surface area contributed by atoms with E-state index in [1.54, 1.807) is 12.1 Å². The summed E-state index contributed by atoms with van der Waals surface area (Å²) >= 11 is 0.975. The Morgan fingerprint density at radius 1 is 1.17 bits per heavy atom. The summed E-state index contributed by atoms with van der Waals surface area (Å²) in [5.41, 5.74) is 0.185. The average molecular weight is 532 g/mol. The van der Waals surface area contributed by atoms with Crippen molar-refractivity contribution in [2.45, 2.75) is 31.2 Å². The topological polar surface area (TPSA) is 83.7 Å². The van der Waals surface area contributed by atoms with Crippen LogP contribution in [0.5, 0.6) is 0 Å². The molecule has 1 fully saturated rings. The maximum Gasteiger partial charge on any atom is 0.260 e. The van der Waals surface area contributed by atoms with Crippen LogP contribution >= 0.6 is 11.3 Å². The predicted molar refractivity (Wildman–Crippen MR) is 132 cm³/mol. The lowest BCUT2D eigenvalue weighted by atomic mass is 10.0. The molecule has 1 aliphatic heterocycles. The highest BCUT2D eigenvalue weighted by molar-refractivity contribution is 7.89. The van der Waals surface area contributed by atoms with Crippen LogP contribution in [-0.4, -0.2) is 36.7 Å². The van der Waals surface area contributed by atoms with Gasteiger partial charge in [0.15, 0.2) is 10.9 Å². The molecule has 2 aromatic heterocycles. The third-order valence-electron chi connectivity index (χ3n) is 6.25. The van der Waals surface area contributed by atoms with Crippen molar-refractivity contribution in [3.63, 3.8) is 0 Å². The summed E-state index contributed by atoms with van der Waals surface area (Å²) in [6, 6.07) is 11.0. The van der Waals surface area contributed by atoms with Crippen LogP contribution in [0.2, 0.25) is 0 Å². The standard InChI is InChI=1S/C25H23F2N3O4S2/c1-16-8-10-29(11-9-16)36(32,33)20-6-4-17(5-7-20)24(31)30(15-19-3-2-12-34-19)25-28-23-21(27)13-18(26)14-22(23)35-25/h2-7,12-14,16H,8-11,15H2,1H3. The van der Waals surface area contributed by atoms with E-state index in [1.165, 1.54) is 39.7 Å². The van der Waals surface area contributed by atoms with Crippen LogP contribution in [0.15, 0.2) is 64.1 Å². The van der Waals surface area contributed by atoms with Gasteiger partial charge in [-0.2, -0.15) is 4.31 Å². The summed E-state index contributed by atoms with van der Waals surface area (Å²) < 4.78 is 61.2. The summed E-state index contributed by atoms with van der Waals surface area (Å²) in [6.07, 6.45) is 3.08. The smallest absolute Gasteiger partial charge is 0.260 e. The van der Waals surface area contributed by atoms with Crippen molar-refractivity contribution in [1.29, 1.82) is 0 Å². The minimum absolute atomic E-state index is 0.00175. The number of hydrogen-bond donors (Lipinski definition) is 0. The van der Waals surface area contributed by atoms with Crippen LogP contribution < -0.4 is 4.90 Å². The molecule has 0 N–H and O–H groups in total. The van der Waals surface area contributed by atoms with Crippen LogP contribution in [0.25, 0.3) is 10.2 Å². The number of thiazole rings is 1. The van der Waals surface area contributed by atoms with Gasteiger partial charge in [-0.1, -0.05) is 18.3 Å². The maximum atomic E-state index is 14.3. The Labute approximate surface area is 211 Å². The number of sulfonamides is 1. The number of benzene rings is 2. The molecule has 2 aromatic carbocycles. The molecule has 1 saturated heterocycles. The highest BCUT2D eigenvalue weighted by Gasteiger charge is 2.29. The van der Waals surface area contributed by atoms with Crippen LogP contribution in [0.1, 0.15) is 35.9 Å². The number of halogens is 2. The first-order valence-electron chi connectivity index (χ1n) is 11.4. The second kappa shape index (κ2) is 9.72. The fraction of sp³-hybridized carbons (Fsp3) is 0.280. The van der Waals surface area contributed by atoms with Crippen LogP contribution in [0, 0.1) is 17.6 Å². The van der Waals surface area contributed by atoms with Gasteiger partial charge in [0, 0.05) is 24.7 Å². The highest BCUT2D eigenvalue weighted by atomic mass is 32.2. The minimum atomic E-state index is -3.66. The molecular formula is C25H23F2N3O4S2. The van der Waals surface area contributed by atoms with Gasteiger partial charge in [-0.25, -0.2) is 22.2 Å². The third-order valence-corrected chi connectivity index (χ3v) is 9.19. The molecule has 0 bridgehead atoms. The van der Waals surface area contributed by atoms with E-state index in [4.69, 9.17) is 4.42 Å². The van der Waals surface area contributed by atoms with Crippen molar-refractivity contribution in [3.05, 3.63) is 77.8 Å². The molecule has 36 heavy (non-hydrogen) atoms. The average Bonchev–Trinajstić information content (AvgIpc) is 3.52. The Morgan fingerprint density at radius 2 is 1.89 bits per heavy atom. The van der Waals surface area contributed by atoms with Gasteiger partial charge in [0.25, 0.3) is 5.91 Å². The van der Waals surface area contributed by atoms with Crippen molar-refractivity contribution < 1.29 is 26.4 Å². The van der Waals surface area contributed by atoms with E-state index in [-0.39, 0.29) is 32.4 Å². The summed E-state index contributed by atoms with van der Waals surface area (Å²) in [5.74, 6) is -1.09. The Balaban J connectivity index is 1.46. The van der Waals surface area contributed by atoms with Gasteiger partial charge in [-0.15, -0.1) is 0 Å². The number of furan rings is 1. The first-order chi connectivity index (χ1) is 17.2. The third kappa shape index (κ3) is 4.78. The number of fused-ring (bicyclic) bond motifs is 1. The van der Waals surface area contributed by atoms with Crippen LogP contribution in [0.4, 0.5) is 13.9 Å². The summed E-state index contributed by atoms with van der Waals surface area (Å²) in [6.45, 7) is 3.04. The van der Waals surface area contributed by atoms with Crippen LogP contribution in [0.3, 0.4) is 0 Å². The quantitative estimate of drug-likeness (QED) is 0.331. The first kappa shape index (κ1) is 24.5. The Kier molecular flexibility index (Phi) is 6.62. The molecule has 5 rings (SSSR count). The van der Waals surface area contributed by atoms with Crippen molar-refractivity contribution in [1.82, 2.24) is 9.29 Å². The second-order valence-corrected chi connectivity index (χ2v) is 11.8. The molecule has 0 radical (unpaired) electrons. The number of hydrogen-bond acceptors (Lipinski definition) is 6. The number of carbonyl (C=O) groups is 1. The summed E-state index contributed by atoms with van der Waals surface area (Å²) in [7, 11) is -3.66. The normalized spacial score (nSPS) is 15.4. The van der Waals surface area contributed by atoms with E-state index in [2.05, 4.69) is 11.9 Å². The monoisotopic (exact) mass is 531 g/mol. The largest absolute Gasteiger partial charge is 0.467 e. The minimum Gasteiger partial charge on any atom is -0.467 e. The number of anilines is 1. The zero-order chi connectivity index (χ0) is 25.4. The molecule has 0 aliphatic carbocycles. The molecule has 0 saturated carbocycles. The van der Waals surface area contributed by atoms with E-state index >= 15 is 0 Å². The molecule has 7 nitrogen and oxygen atoms in total. The molecule has 4 aromatic rings. The number of nitrogens with zero attached hydrogens (tertiary/aromatic N) is 3. The van der Waals surface area contributed by atoms with Crippen molar-refractivity contribution in [2.24, 2.45) is 5.92 Å². The fourth-order valence-electron chi connectivity index (χ4n) is 4.15. The van der Waals surface area contributed by atoms with E-state index in [1.807, 2.05) is 0 Å². The van der Waals surface area contributed by atoms with Gasteiger partial charge in [-0.05, 0) is 61.2 Å². The Bertz CT molecular complexity index is 1490. The predicted octanol–water partition coefficient (Wildman–Crippen LogP) is 5.44. The SMILES string of the molecule is CC1CCN(S(=O)(=O)c2ccc(C(=O)N(Cc3ccco3)c3nc4c(F)cc(F)cc4s3)cc2)CC1. The van der Waals surface area contributed by atoms with Gasteiger partial charge >= 0.3 is 0 Å². The molecule has 0 spiro atoms. The molecule has 0 atom stereocenters. The maximum absolute atomic E-state index is 14.3. The molecule has 0 unspecified atom stereocenters. The number of rotatable bonds is 6. The van der Waals surface area contributed by atoms with Crippen molar-refractivity contribution in [2.75, 3.05) is 18.0 Å². The summed E-state index contributed by atoms with van der Waals surface area (Å²) in [4.78, 5) is 19.2. The molecule has 1 aliphatic rings. The van der Waals surface area contributed by atoms with E-state index in [0.29, 0.717) is 24.8 Å². The second-order valence-electron chi connectivity index (χ2n) is 8.81. The number of amides is 1. The van der Waals surface area contributed by atoms with Crippen molar-refractivity contribution >= 4 is 42.6 Å². The van der Waals surface area contributed by atoms with Gasteiger partial charge in [0.2, 0.25) is 10.0 Å². The highest BCUT2D eigenvalue weighted by Crippen LogP contribution is 2.33. The van der Waals surface area contributed by atoms with E-state index in [9.17, 15) is 22.0 Å². The Morgan fingerprint density at radius 3 is 2.56 bits per heavy atom. The molecule has 3 heterocycles. The van der Waals surface area contributed by atoms with Gasteiger partial charge in [0.1, 0.15) is 17.1 Å². The fourth-order valence-corrected chi connectivity index (χ4v) is 6.62. The Hall–Kier alpha value is -3.15. The lowest BCUT2D eigenvalue weighted by Crippen LogP contribution is -2.37. The van der Waals surface area contributed by atoms with E-state index in [0.717, 1.165) is 36.3 Å². The zero-order valence-electron chi connectivity index (χ0n) is 19.4. The molecule has 11 heteroatoms. The number of piperidine rings is 1. The van der Waals surface area contributed by atoms with Gasteiger partial charge in [-0.3, -0.25) is 9.69 Å². The molecular weight excluding hydrogens is 508 g/mol. The molecule has 1 amide bonds. The van der Waals surface area contributed by atoms with E-state index < -0.39 is 27.6 Å². The number of aromatic nitrogens is 1. The lowest BCUT2D eigenvalue weighted by Gasteiger charge is -2.29. The zero-order valence-corrected chi connectivity index (χ0v) is 21.0. The van der Waals surface area contributed by atoms with Crippen molar-refractivity contribution in [3.8, 4) is 0 Å². The first-order valence-corrected chi connectivity index (χ1v) is 13.7. The van der Waals surface area contributed by atoms with Crippen LogP contribution in [-0.2, 0) is 16.6 Å². The lowest BCUT2D eigenvalue weighted by molar-refractivity contribution is 0.0983. The van der Waals surface area contributed by atoms with Gasteiger partial charge in [0.05, 0.1) is 22.4 Å². The molecule has 188 valence electrons. The van der Waals surface area contributed by atoms with Gasteiger partial charge < -0.3 is 4.42 Å². The number of carbonyl (C=O) groups excluding carboxylic acids is 1.